The van der Waals surface area contributed by atoms with Crippen molar-refractivity contribution in [3.05, 3.63) is 136 Å². The molecule has 1 N–H and O–H groups in total. The molecular weight excluding hydrogens is 604 g/mol. The largest absolute Gasteiger partial charge is 0.489 e. The Hall–Kier alpha value is -4.97. The molecule has 0 aliphatic carbocycles. The molecule has 0 aliphatic heterocycles. The summed E-state index contributed by atoms with van der Waals surface area (Å²) in [6, 6.07) is 24.1. The second-order valence-corrected chi connectivity index (χ2v) is 13.0. The normalized spacial score (nSPS) is 12.9. The number of hydrogen-bond acceptors (Lipinski definition) is 7. The lowest BCUT2D eigenvalue weighted by molar-refractivity contribution is -0.140. The van der Waals surface area contributed by atoms with Crippen LogP contribution >= 0.6 is 0 Å². The van der Waals surface area contributed by atoms with E-state index in [-0.39, 0.29) is 30.8 Å². The highest BCUT2D eigenvalue weighted by atomic mass is 32.2. The first-order valence-corrected chi connectivity index (χ1v) is 15.7. The molecule has 9 nitrogen and oxygen atoms in total. The number of fused-ring (bicyclic) bond motifs is 1. The van der Waals surface area contributed by atoms with E-state index in [4.69, 9.17) is 4.74 Å². The van der Waals surface area contributed by atoms with Crippen molar-refractivity contribution in [3.63, 3.8) is 0 Å². The zero-order valence-corrected chi connectivity index (χ0v) is 24.8. The third kappa shape index (κ3) is 7.23. The van der Waals surface area contributed by atoms with Gasteiger partial charge in [-0.25, -0.2) is 21.9 Å². The Morgan fingerprint density at radius 1 is 0.844 bits per heavy atom. The van der Waals surface area contributed by atoms with Crippen molar-refractivity contribution < 1.29 is 31.8 Å². The molecule has 12 heteroatoms. The number of nitrogens with zero attached hydrogens (tertiary/aromatic N) is 3. The van der Waals surface area contributed by atoms with E-state index in [0.29, 0.717) is 22.4 Å². The first kappa shape index (κ1) is 31.5. The number of rotatable bonds is 13. The van der Waals surface area contributed by atoms with Crippen LogP contribution in [0.2, 0.25) is 0 Å². The Bertz CT molecular complexity index is 1970. The smallest absolute Gasteiger partial charge is 0.325 e. The van der Waals surface area contributed by atoms with Crippen molar-refractivity contribution >= 4 is 26.7 Å². The molecule has 5 aromatic rings. The Labute approximate surface area is 257 Å². The summed E-state index contributed by atoms with van der Waals surface area (Å²) in [4.78, 5) is 25.9. The van der Waals surface area contributed by atoms with Gasteiger partial charge in [-0.3, -0.25) is 9.59 Å². The van der Waals surface area contributed by atoms with Gasteiger partial charge < -0.3 is 9.84 Å². The predicted octanol–water partition coefficient (Wildman–Crippen LogP) is 4.76. The maximum atomic E-state index is 14.0. The first-order valence-electron chi connectivity index (χ1n) is 14.1. The van der Waals surface area contributed by atoms with Crippen LogP contribution in [0.25, 0.3) is 10.9 Å². The van der Waals surface area contributed by atoms with Gasteiger partial charge in [-0.2, -0.15) is 0 Å². The van der Waals surface area contributed by atoms with Gasteiger partial charge in [-0.15, -0.1) is 5.10 Å². The van der Waals surface area contributed by atoms with Gasteiger partial charge in [0.15, 0.2) is 14.6 Å². The molecular formula is C33H29F2N3O6S. The van der Waals surface area contributed by atoms with E-state index in [2.05, 4.69) is 10.3 Å². The van der Waals surface area contributed by atoms with Crippen LogP contribution in [0.3, 0.4) is 0 Å². The highest BCUT2D eigenvalue weighted by Gasteiger charge is 2.50. The maximum absolute atomic E-state index is 14.0. The predicted molar refractivity (Wildman–Crippen MR) is 164 cm³/mol. The Balaban J connectivity index is 1.36. The van der Waals surface area contributed by atoms with Crippen LogP contribution in [-0.2, 0) is 40.6 Å². The molecule has 0 radical (unpaired) electrons. The molecule has 0 bridgehead atoms. The van der Waals surface area contributed by atoms with E-state index in [1.54, 1.807) is 60.7 Å². The van der Waals surface area contributed by atoms with Crippen molar-refractivity contribution in [1.29, 1.82) is 0 Å². The fourth-order valence-electron chi connectivity index (χ4n) is 5.00. The number of aryl methyl sites for hydroxylation is 2. The lowest BCUT2D eigenvalue weighted by Crippen LogP contribution is -2.51. The molecule has 4 aromatic carbocycles. The van der Waals surface area contributed by atoms with Gasteiger partial charge in [0, 0.05) is 13.0 Å². The number of benzene rings is 4. The van der Waals surface area contributed by atoms with E-state index in [1.807, 2.05) is 0 Å². The van der Waals surface area contributed by atoms with Crippen molar-refractivity contribution in [3.8, 4) is 5.75 Å². The standard InChI is InChI=1S/C33H29F2N3O6S/c34-26-11-5-24(6-12-26)21-33(32(40)41,18-19-38-31(39)29-3-1-2-4-30(29)36-37-38)45(42,43)20-17-23-9-15-28(16-10-23)44-22-25-7-13-27(35)14-8-25/h1-16H,17-22H2,(H,40,41). The average molecular weight is 634 g/mol. The summed E-state index contributed by atoms with van der Waals surface area (Å²) >= 11 is 0. The number of carboxylic acids is 1. The molecule has 0 saturated carbocycles. The quantitative estimate of drug-likeness (QED) is 0.197. The van der Waals surface area contributed by atoms with Crippen LogP contribution in [0.1, 0.15) is 23.1 Å². The summed E-state index contributed by atoms with van der Waals surface area (Å²) in [5.41, 5.74) is 1.54. The zero-order chi connectivity index (χ0) is 32.0. The number of carbonyl (C=O) groups is 1. The van der Waals surface area contributed by atoms with Crippen LogP contribution in [0.15, 0.2) is 102 Å². The number of aliphatic carboxylic acids is 1. The average Bonchev–Trinajstić information content (AvgIpc) is 3.04. The second-order valence-electron chi connectivity index (χ2n) is 10.6. The molecule has 232 valence electrons. The van der Waals surface area contributed by atoms with Crippen molar-refractivity contribution in [2.75, 3.05) is 5.75 Å². The third-order valence-electron chi connectivity index (χ3n) is 7.65. The highest BCUT2D eigenvalue weighted by Crippen LogP contribution is 2.30. The monoisotopic (exact) mass is 633 g/mol. The van der Waals surface area contributed by atoms with Gasteiger partial charge >= 0.3 is 5.97 Å². The lowest BCUT2D eigenvalue weighted by atomic mass is 9.95. The Morgan fingerprint density at radius 3 is 2.09 bits per heavy atom. The molecule has 1 heterocycles. The number of carboxylic acid groups (broad SMARTS) is 1. The summed E-state index contributed by atoms with van der Waals surface area (Å²) in [6.45, 7) is -0.118. The molecule has 45 heavy (non-hydrogen) atoms. The third-order valence-corrected chi connectivity index (χ3v) is 10.1. The number of ether oxygens (including phenoxy) is 1. The van der Waals surface area contributed by atoms with Crippen LogP contribution in [-0.4, -0.2) is 45.0 Å². The fraction of sp³-hybridized carbons (Fsp3) is 0.212. The molecule has 0 fully saturated rings. The summed E-state index contributed by atoms with van der Waals surface area (Å²) in [5, 5.41) is 18.7. The van der Waals surface area contributed by atoms with E-state index in [9.17, 15) is 31.9 Å². The lowest BCUT2D eigenvalue weighted by Gasteiger charge is -2.29. The highest BCUT2D eigenvalue weighted by molar-refractivity contribution is 7.93. The molecule has 0 spiro atoms. The molecule has 5 rings (SSSR count). The van der Waals surface area contributed by atoms with Gasteiger partial charge in [0.05, 0.1) is 11.1 Å². The number of hydrogen-bond donors (Lipinski definition) is 1. The Morgan fingerprint density at radius 2 is 1.44 bits per heavy atom. The summed E-state index contributed by atoms with van der Waals surface area (Å²) < 4.78 is 59.0. The summed E-state index contributed by atoms with van der Waals surface area (Å²) in [7, 11) is -4.39. The summed E-state index contributed by atoms with van der Waals surface area (Å²) in [5.74, 6) is -2.47. The van der Waals surface area contributed by atoms with Gasteiger partial charge in [0.25, 0.3) is 5.56 Å². The van der Waals surface area contributed by atoms with Gasteiger partial charge in [0.1, 0.15) is 29.5 Å². The molecule has 0 amide bonds. The maximum Gasteiger partial charge on any atom is 0.325 e. The zero-order valence-electron chi connectivity index (χ0n) is 24.0. The van der Waals surface area contributed by atoms with Crippen LogP contribution in [0.5, 0.6) is 5.75 Å². The van der Waals surface area contributed by atoms with Crippen LogP contribution < -0.4 is 10.3 Å². The minimum atomic E-state index is -4.39. The first-order chi connectivity index (χ1) is 21.6. The van der Waals surface area contributed by atoms with Crippen molar-refractivity contribution in [2.45, 2.75) is 37.2 Å². The molecule has 0 saturated heterocycles. The topological polar surface area (TPSA) is 128 Å². The van der Waals surface area contributed by atoms with Gasteiger partial charge in [0.2, 0.25) is 0 Å². The van der Waals surface area contributed by atoms with E-state index in [0.717, 1.165) is 22.4 Å². The Kier molecular flexibility index (Phi) is 9.33. The molecule has 1 unspecified atom stereocenters. The van der Waals surface area contributed by atoms with Gasteiger partial charge in [-0.1, -0.05) is 53.7 Å². The minimum absolute atomic E-state index is 0.00868. The molecule has 0 aliphatic rings. The van der Waals surface area contributed by atoms with E-state index < -0.39 is 50.5 Å². The van der Waals surface area contributed by atoms with E-state index >= 15 is 0 Å². The fourth-order valence-corrected chi connectivity index (χ4v) is 6.96. The number of halogens is 2. The van der Waals surface area contributed by atoms with Crippen molar-refractivity contribution in [1.82, 2.24) is 15.0 Å². The number of sulfone groups is 1. The molecule has 1 aromatic heterocycles. The van der Waals surface area contributed by atoms with E-state index in [1.165, 1.54) is 24.3 Å². The minimum Gasteiger partial charge on any atom is -0.489 e. The van der Waals surface area contributed by atoms with Crippen LogP contribution in [0, 0.1) is 11.6 Å². The SMILES string of the molecule is O=C(O)C(CCn1nnc2ccccc2c1=O)(Cc1ccc(F)cc1)S(=O)(=O)CCc1ccc(OCc2ccc(F)cc2)cc1. The molecule has 1 atom stereocenters. The van der Waals surface area contributed by atoms with Crippen molar-refractivity contribution in [2.24, 2.45) is 0 Å². The summed E-state index contributed by atoms with van der Waals surface area (Å²) in [6.07, 6.45) is -0.920. The second kappa shape index (κ2) is 13.3. The van der Waals surface area contributed by atoms with Gasteiger partial charge in [-0.05, 0) is 78.1 Å². The number of aromatic nitrogens is 3. The van der Waals surface area contributed by atoms with Crippen LogP contribution in [0.4, 0.5) is 8.78 Å².